The Morgan fingerprint density at radius 1 is 1.21 bits per heavy atom. The molecule has 1 saturated heterocycles. The summed E-state index contributed by atoms with van der Waals surface area (Å²) in [6.07, 6.45) is 4.11. The van der Waals surface area contributed by atoms with Gasteiger partial charge in [0.2, 0.25) is 0 Å². The highest BCUT2D eigenvalue weighted by atomic mass is 16.5. The van der Waals surface area contributed by atoms with E-state index in [2.05, 4.69) is 36.1 Å². The number of hydrogen-bond donors (Lipinski definition) is 2. The van der Waals surface area contributed by atoms with Crippen LogP contribution in [0.3, 0.4) is 0 Å². The molecule has 1 spiro atoms. The molecule has 0 aromatic carbocycles. The number of nitrogens with one attached hydrogen (secondary N) is 2. The highest BCUT2D eigenvalue weighted by molar-refractivity contribution is 6.08. The quantitative estimate of drug-likeness (QED) is 0.361. The second-order valence-electron chi connectivity index (χ2n) is 10.5. The maximum atomic E-state index is 13.1. The SMILES string of the molecule is CCC(C)(C)C1CCC2(CC1)NC(=O)N(CC(=O)OCC(=O)NC(CC(C)C)C(=O)OC)C2=O. The number of hydrogen-bond acceptors (Lipinski definition) is 7. The highest BCUT2D eigenvalue weighted by Gasteiger charge is 2.53. The van der Waals surface area contributed by atoms with Crippen LogP contribution in [0, 0.1) is 17.3 Å². The zero-order chi connectivity index (χ0) is 25.7. The van der Waals surface area contributed by atoms with Crippen molar-refractivity contribution in [3.05, 3.63) is 0 Å². The zero-order valence-corrected chi connectivity index (χ0v) is 21.2. The summed E-state index contributed by atoms with van der Waals surface area (Å²) in [7, 11) is 1.23. The third kappa shape index (κ3) is 6.48. The van der Waals surface area contributed by atoms with Crippen LogP contribution in [-0.4, -0.2) is 66.5 Å². The monoisotopic (exact) mass is 481 g/mol. The van der Waals surface area contributed by atoms with E-state index in [1.165, 1.54) is 7.11 Å². The maximum Gasteiger partial charge on any atom is 0.328 e. The Bertz CT molecular complexity index is 800. The van der Waals surface area contributed by atoms with Gasteiger partial charge in [-0.25, -0.2) is 9.59 Å². The number of ether oxygens (including phenoxy) is 2. The number of methoxy groups -OCH3 is 1. The smallest absolute Gasteiger partial charge is 0.328 e. The van der Waals surface area contributed by atoms with Crippen molar-refractivity contribution in [3.63, 3.8) is 0 Å². The van der Waals surface area contributed by atoms with Crippen molar-refractivity contribution in [3.8, 4) is 0 Å². The second-order valence-corrected chi connectivity index (χ2v) is 10.5. The Hall–Kier alpha value is -2.65. The minimum absolute atomic E-state index is 0.127. The van der Waals surface area contributed by atoms with Crippen molar-refractivity contribution in [2.45, 2.75) is 84.7 Å². The molecule has 0 radical (unpaired) electrons. The first-order valence-corrected chi connectivity index (χ1v) is 12.0. The Labute approximate surface area is 201 Å². The molecule has 10 heteroatoms. The molecule has 1 unspecified atom stereocenters. The van der Waals surface area contributed by atoms with Crippen LogP contribution >= 0.6 is 0 Å². The number of carbonyl (C=O) groups is 5. The molecule has 0 bridgehead atoms. The van der Waals surface area contributed by atoms with Crippen molar-refractivity contribution in [1.82, 2.24) is 15.5 Å². The molecule has 1 saturated carbocycles. The average Bonchev–Trinajstić information content (AvgIpc) is 3.00. The predicted octanol–water partition coefficient (Wildman–Crippen LogP) is 2.15. The third-order valence-corrected chi connectivity index (χ3v) is 7.28. The van der Waals surface area contributed by atoms with Crippen LogP contribution in [0.25, 0.3) is 0 Å². The number of rotatable bonds is 10. The Balaban J connectivity index is 1.88. The van der Waals surface area contributed by atoms with Crippen LogP contribution in [0.15, 0.2) is 0 Å². The third-order valence-electron chi connectivity index (χ3n) is 7.28. The van der Waals surface area contributed by atoms with Crippen LogP contribution in [0.5, 0.6) is 0 Å². The molecule has 0 aromatic rings. The van der Waals surface area contributed by atoms with Gasteiger partial charge in [-0.3, -0.25) is 19.3 Å². The van der Waals surface area contributed by atoms with Gasteiger partial charge in [-0.05, 0) is 49.4 Å². The molecule has 1 aliphatic heterocycles. The normalized spacial score (nSPS) is 23.6. The summed E-state index contributed by atoms with van der Waals surface area (Å²) in [6.45, 7) is 9.18. The van der Waals surface area contributed by atoms with Gasteiger partial charge in [-0.1, -0.05) is 41.0 Å². The van der Waals surface area contributed by atoms with E-state index in [9.17, 15) is 24.0 Å². The predicted molar refractivity (Wildman–Crippen MR) is 123 cm³/mol. The fourth-order valence-corrected chi connectivity index (χ4v) is 4.72. The van der Waals surface area contributed by atoms with Crippen LogP contribution in [0.1, 0.15) is 73.1 Å². The lowest BCUT2D eigenvalue weighted by atomic mass is 9.65. The number of nitrogens with zero attached hydrogens (tertiary/aromatic N) is 1. The molecule has 1 heterocycles. The number of urea groups is 1. The molecule has 34 heavy (non-hydrogen) atoms. The zero-order valence-electron chi connectivity index (χ0n) is 21.2. The first kappa shape index (κ1) is 27.6. The van der Waals surface area contributed by atoms with E-state index in [-0.39, 0.29) is 11.3 Å². The van der Waals surface area contributed by atoms with E-state index in [0.29, 0.717) is 25.2 Å². The second kappa shape index (κ2) is 11.2. The van der Waals surface area contributed by atoms with Gasteiger partial charge in [-0.15, -0.1) is 0 Å². The van der Waals surface area contributed by atoms with Gasteiger partial charge in [0.05, 0.1) is 7.11 Å². The summed E-state index contributed by atoms with van der Waals surface area (Å²) in [4.78, 5) is 62.6. The summed E-state index contributed by atoms with van der Waals surface area (Å²) < 4.78 is 9.64. The molecular formula is C24H39N3O7. The van der Waals surface area contributed by atoms with Crippen LogP contribution in [0.2, 0.25) is 0 Å². The lowest BCUT2D eigenvalue weighted by Crippen LogP contribution is -2.51. The van der Waals surface area contributed by atoms with Gasteiger partial charge >= 0.3 is 18.0 Å². The first-order chi connectivity index (χ1) is 15.8. The highest BCUT2D eigenvalue weighted by Crippen LogP contribution is 2.45. The molecule has 2 fully saturated rings. The lowest BCUT2D eigenvalue weighted by Gasteiger charge is -2.42. The van der Waals surface area contributed by atoms with Crippen molar-refractivity contribution in [1.29, 1.82) is 0 Å². The summed E-state index contributed by atoms with van der Waals surface area (Å²) in [5, 5.41) is 5.27. The van der Waals surface area contributed by atoms with E-state index in [1.807, 2.05) is 13.8 Å². The van der Waals surface area contributed by atoms with Crippen molar-refractivity contribution in [2.24, 2.45) is 17.3 Å². The Morgan fingerprint density at radius 3 is 2.35 bits per heavy atom. The van der Waals surface area contributed by atoms with E-state index in [1.54, 1.807) is 0 Å². The van der Waals surface area contributed by atoms with Gasteiger partial charge in [0, 0.05) is 0 Å². The van der Waals surface area contributed by atoms with E-state index < -0.39 is 54.5 Å². The fourth-order valence-electron chi connectivity index (χ4n) is 4.72. The lowest BCUT2D eigenvalue weighted by molar-refractivity contribution is -0.152. The molecular weight excluding hydrogens is 442 g/mol. The fraction of sp³-hybridized carbons (Fsp3) is 0.792. The summed E-state index contributed by atoms with van der Waals surface area (Å²) in [5.74, 6) is -1.97. The van der Waals surface area contributed by atoms with E-state index in [4.69, 9.17) is 4.74 Å². The molecule has 2 N–H and O–H groups in total. The minimum Gasteiger partial charge on any atom is -0.467 e. The van der Waals surface area contributed by atoms with Crippen LogP contribution < -0.4 is 10.6 Å². The molecule has 1 aliphatic carbocycles. The van der Waals surface area contributed by atoms with E-state index in [0.717, 1.165) is 24.2 Å². The van der Waals surface area contributed by atoms with Crippen LogP contribution in [-0.2, 0) is 28.7 Å². The van der Waals surface area contributed by atoms with E-state index >= 15 is 0 Å². The maximum absolute atomic E-state index is 13.1. The van der Waals surface area contributed by atoms with Gasteiger partial charge in [0.1, 0.15) is 18.1 Å². The number of carbonyl (C=O) groups excluding carboxylic acids is 5. The summed E-state index contributed by atoms with van der Waals surface area (Å²) in [5.41, 5.74) is -0.807. The van der Waals surface area contributed by atoms with Crippen molar-refractivity contribution >= 4 is 29.8 Å². The largest absolute Gasteiger partial charge is 0.467 e. The first-order valence-electron chi connectivity index (χ1n) is 12.0. The van der Waals surface area contributed by atoms with Crippen LogP contribution in [0.4, 0.5) is 4.79 Å². The van der Waals surface area contributed by atoms with Gasteiger partial charge in [0.15, 0.2) is 6.61 Å². The van der Waals surface area contributed by atoms with Crippen molar-refractivity contribution < 1.29 is 33.4 Å². The molecule has 10 nitrogen and oxygen atoms in total. The van der Waals surface area contributed by atoms with Gasteiger partial charge in [-0.2, -0.15) is 0 Å². The standard InChI is InChI=1S/C24H39N3O7/c1-7-23(4,5)16-8-10-24(11-9-16)21(31)27(22(32)26-24)13-19(29)34-14-18(28)25-17(12-15(2)3)20(30)33-6/h15-17H,7-14H2,1-6H3,(H,25,28)(H,26,32). The molecule has 1 atom stereocenters. The molecule has 0 aromatic heterocycles. The van der Waals surface area contributed by atoms with Gasteiger partial charge < -0.3 is 20.1 Å². The van der Waals surface area contributed by atoms with Crippen molar-refractivity contribution in [2.75, 3.05) is 20.3 Å². The molecule has 2 aliphatic rings. The number of imide groups is 1. The topological polar surface area (TPSA) is 131 Å². The molecule has 2 rings (SSSR count). The Kier molecular flexibility index (Phi) is 9.08. The minimum atomic E-state index is -0.973. The average molecular weight is 482 g/mol. The number of amides is 4. The van der Waals surface area contributed by atoms with Gasteiger partial charge in [0.25, 0.3) is 11.8 Å². The summed E-state index contributed by atoms with van der Waals surface area (Å²) >= 11 is 0. The number of esters is 2. The molecule has 4 amide bonds. The Morgan fingerprint density at radius 2 is 1.82 bits per heavy atom. The summed E-state index contributed by atoms with van der Waals surface area (Å²) in [6, 6.07) is -1.47. The molecule has 192 valence electrons.